The smallest absolute Gasteiger partial charge is 0.222 e. The van der Waals surface area contributed by atoms with Crippen molar-refractivity contribution in [1.82, 2.24) is 4.90 Å². The van der Waals surface area contributed by atoms with Crippen molar-refractivity contribution in [3.63, 3.8) is 0 Å². The Kier molecular flexibility index (Phi) is 7.56. The maximum absolute atomic E-state index is 12.1. The van der Waals surface area contributed by atoms with Crippen LogP contribution in [0.1, 0.15) is 80.8 Å². The molecule has 1 heterocycles. The first-order chi connectivity index (χ1) is 15.2. The molecule has 1 atom stereocenters. The van der Waals surface area contributed by atoms with Gasteiger partial charge in [-0.1, -0.05) is 60.7 Å². The van der Waals surface area contributed by atoms with E-state index in [-0.39, 0.29) is 0 Å². The molecule has 2 aromatic rings. The Morgan fingerprint density at radius 2 is 1.16 bits per heavy atom. The summed E-state index contributed by atoms with van der Waals surface area (Å²) in [5, 5.41) is 0. The average molecular weight is 418 g/mol. The molecule has 3 aliphatic rings. The van der Waals surface area contributed by atoms with Gasteiger partial charge >= 0.3 is 0 Å². The highest BCUT2D eigenvalue weighted by molar-refractivity contribution is 5.79. The van der Waals surface area contributed by atoms with Crippen LogP contribution >= 0.6 is 0 Å². The summed E-state index contributed by atoms with van der Waals surface area (Å²) in [7, 11) is 0. The Balaban J connectivity index is 0.000000158. The van der Waals surface area contributed by atoms with E-state index in [9.17, 15) is 9.59 Å². The highest BCUT2D eigenvalue weighted by Gasteiger charge is 2.29. The second-order valence-electron chi connectivity index (χ2n) is 9.44. The van der Waals surface area contributed by atoms with Crippen LogP contribution in [0.4, 0.5) is 0 Å². The number of ketones is 1. The van der Waals surface area contributed by atoms with E-state index in [0.29, 0.717) is 23.5 Å². The number of Topliss-reactive ketones (excluding diaryl/α,β-unsaturated/α-hetero) is 1. The zero-order chi connectivity index (χ0) is 21.5. The number of carbonyl (C=O) groups excluding carboxylic acids is 2. The third kappa shape index (κ3) is 6.53. The van der Waals surface area contributed by atoms with Crippen LogP contribution in [0.2, 0.25) is 0 Å². The van der Waals surface area contributed by atoms with E-state index in [1.165, 1.54) is 24.0 Å². The van der Waals surface area contributed by atoms with Crippen LogP contribution in [0, 0.1) is 5.92 Å². The summed E-state index contributed by atoms with van der Waals surface area (Å²) in [6.45, 7) is 1.97. The molecule has 3 nitrogen and oxygen atoms in total. The van der Waals surface area contributed by atoms with Crippen LogP contribution in [0.5, 0.6) is 0 Å². The summed E-state index contributed by atoms with van der Waals surface area (Å²) in [6.07, 6.45) is 9.17. The van der Waals surface area contributed by atoms with E-state index in [1.807, 2.05) is 6.07 Å². The van der Waals surface area contributed by atoms with Crippen LogP contribution in [-0.2, 0) is 9.59 Å². The second-order valence-corrected chi connectivity index (χ2v) is 9.44. The highest BCUT2D eigenvalue weighted by Crippen LogP contribution is 2.33. The van der Waals surface area contributed by atoms with Gasteiger partial charge in [-0.15, -0.1) is 0 Å². The van der Waals surface area contributed by atoms with Gasteiger partial charge in [-0.3, -0.25) is 9.59 Å². The molecule has 3 fully saturated rings. The topological polar surface area (TPSA) is 37.4 Å². The summed E-state index contributed by atoms with van der Waals surface area (Å²) < 4.78 is 0. The fourth-order valence-corrected chi connectivity index (χ4v) is 4.90. The molecule has 2 aromatic carbocycles. The molecule has 31 heavy (non-hydrogen) atoms. The minimum absolute atomic E-state index is 0.375. The van der Waals surface area contributed by atoms with E-state index in [0.717, 1.165) is 64.0 Å². The monoisotopic (exact) mass is 417 g/mol. The van der Waals surface area contributed by atoms with Gasteiger partial charge in [-0.05, 0) is 67.4 Å². The summed E-state index contributed by atoms with van der Waals surface area (Å²) in [6, 6.07) is 21.2. The molecule has 0 radical (unpaired) electrons. The van der Waals surface area contributed by atoms with Gasteiger partial charge in [0.05, 0.1) is 0 Å². The Labute approximate surface area is 186 Å². The van der Waals surface area contributed by atoms with E-state index in [1.54, 1.807) is 0 Å². The van der Waals surface area contributed by atoms with Crippen molar-refractivity contribution in [2.24, 2.45) is 5.92 Å². The molecule has 0 bridgehead atoms. The lowest BCUT2D eigenvalue weighted by atomic mass is 9.84. The number of hydrogen-bond acceptors (Lipinski definition) is 2. The number of amides is 1. The molecular weight excluding hydrogens is 382 g/mol. The molecule has 3 heteroatoms. The molecule has 0 N–H and O–H groups in total. The first-order valence-corrected chi connectivity index (χ1v) is 12.1. The number of benzene rings is 2. The Morgan fingerprint density at radius 3 is 1.71 bits per heavy atom. The summed E-state index contributed by atoms with van der Waals surface area (Å²) in [5.74, 6) is 2.81. The van der Waals surface area contributed by atoms with Gasteiger partial charge < -0.3 is 4.90 Å². The largest absolute Gasteiger partial charge is 0.342 e. The van der Waals surface area contributed by atoms with Crippen molar-refractivity contribution in [3.05, 3.63) is 71.8 Å². The van der Waals surface area contributed by atoms with Crippen molar-refractivity contribution < 1.29 is 9.59 Å². The van der Waals surface area contributed by atoms with Gasteiger partial charge in [0, 0.05) is 32.4 Å². The van der Waals surface area contributed by atoms with Gasteiger partial charge in [0.1, 0.15) is 5.78 Å². The fraction of sp³-hybridized carbons (Fsp3) is 0.500. The van der Waals surface area contributed by atoms with E-state index < -0.39 is 0 Å². The lowest BCUT2D eigenvalue weighted by molar-refractivity contribution is -0.131. The minimum Gasteiger partial charge on any atom is -0.342 e. The molecule has 1 saturated heterocycles. The van der Waals surface area contributed by atoms with Crippen LogP contribution in [-0.4, -0.2) is 29.7 Å². The first kappa shape index (κ1) is 21.8. The zero-order valence-corrected chi connectivity index (χ0v) is 18.5. The molecule has 2 saturated carbocycles. The Bertz CT molecular complexity index is 834. The highest BCUT2D eigenvalue weighted by atomic mass is 16.2. The second kappa shape index (κ2) is 10.7. The Morgan fingerprint density at radius 1 is 0.645 bits per heavy atom. The number of nitrogens with zero attached hydrogens (tertiary/aromatic N) is 1. The van der Waals surface area contributed by atoms with E-state index >= 15 is 0 Å². The maximum atomic E-state index is 12.1. The molecule has 5 rings (SSSR count). The van der Waals surface area contributed by atoms with Gasteiger partial charge in [0.2, 0.25) is 5.91 Å². The third-order valence-electron chi connectivity index (χ3n) is 7.07. The van der Waals surface area contributed by atoms with E-state index in [2.05, 4.69) is 59.5 Å². The molecule has 1 unspecified atom stereocenters. The quantitative estimate of drug-likeness (QED) is 0.602. The van der Waals surface area contributed by atoms with Crippen molar-refractivity contribution >= 4 is 11.7 Å². The molecular formula is C28H35NO2. The third-order valence-corrected chi connectivity index (χ3v) is 7.07. The van der Waals surface area contributed by atoms with Crippen LogP contribution < -0.4 is 0 Å². The summed E-state index contributed by atoms with van der Waals surface area (Å²) in [4.78, 5) is 25.2. The normalized spacial score (nSPS) is 22.5. The van der Waals surface area contributed by atoms with E-state index in [4.69, 9.17) is 0 Å². The molecule has 1 aliphatic heterocycles. The lowest BCUT2D eigenvalue weighted by Crippen LogP contribution is -2.32. The van der Waals surface area contributed by atoms with Crippen LogP contribution in [0.15, 0.2) is 60.7 Å². The first-order valence-electron chi connectivity index (χ1n) is 12.1. The van der Waals surface area contributed by atoms with Crippen molar-refractivity contribution in [3.8, 4) is 0 Å². The molecule has 0 aromatic heterocycles. The van der Waals surface area contributed by atoms with Crippen LogP contribution in [0.25, 0.3) is 0 Å². The van der Waals surface area contributed by atoms with Gasteiger partial charge in [-0.2, -0.15) is 0 Å². The molecule has 2 aliphatic carbocycles. The predicted molar refractivity (Wildman–Crippen MR) is 125 cm³/mol. The fourth-order valence-electron chi connectivity index (χ4n) is 4.90. The summed E-state index contributed by atoms with van der Waals surface area (Å²) in [5.41, 5.74) is 2.80. The Hall–Kier alpha value is -2.42. The van der Waals surface area contributed by atoms with Crippen molar-refractivity contribution in [1.29, 1.82) is 0 Å². The van der Waals surface area contributed by atoms with Gasteiger partial charge in [-0.25, -0.2) is 0 Å². The van der Waals surface area contributed by atoms with Crippen molar-refractivity contribution in [2.75, 3.05) is 13.1 Å². The molecule has 0 spiro atoms. The van der Waals surface area contributed by atoms with Gasteiger partial charge in [0.15, 0.2) is 0 Å². The minimum atomic E-state index is 0.375. The van der Waals surface area contributed by atoms with Gasteiger partial charge in [0.25, 0.3) is 0 Å². The predicted octanol–water partition coefficient (Wildman–Crippen LogP) is 6.11. The standard InChI is InChI=1S/C16H21NO.C12H14O/c18-16-9-8-15(14-4-2-1-3-5-14)10-11-17(16)12-13-6-7-13;13-12-8-6-11(7-9-12)10-4-2-1-3-5-10/h1-5,13,15H,6-12H2;1-5,11H,6-9H2. The lowest BCUT2D eigenvalue weighted by Gasteiger charge is -2.20. The SMILES string of the molecule is O=C1CCC(c2ccccc2)CC1.O=C1CCC(c2ccccc2)CCN1CC1CC1. The number of likely N-dealkylation sites (tertiary alicyclic amines) is 1. The number of rotatable bonds is 4. The number of hydrogen-bond donors (Lipinski definition) is 0. The molecule has 1 amide bonds. The molecule has 164 valence electrons. The summed E-state index contributed by atoms with van der Waals surface area (Å²) >= 11 is 0. The zero-order valence-electron chi connectivity index (χ0n) is 18.5. The number of carbonyl (C=O) groups is 2. The van der Waals surface area contributed by atoms with Crippen LogP contribution in [0.3, 0.4) is 0 Å². The van der Waals surface area contributed by atoms with Crippen molar-refractivity contribution in [2.45, 2.75) is 69.6 Å². The maximum Gasteiger partial charge on any atom is 0.222 e. The average Bonchev–Trinajstić information content (AvgIpc) is 3.66.